The topological polar surface area (TPSA) is 104 Å². The lowest BCUT2D eigenvalue weighted by molar-refractivity contribution is -0.127. The number of rotatable bonds is 5. The molecule has 1 amide bonds. The number of carbonyl (C=O) groups excluding carboxylic acids is 1. The molecule has 0 radical (unpaired) electrons. The van der Waals surface area contributed by atoms with Crippen molar-refractivity contribution >= 4 is 33.2 Å². The molecule has 0 atom stereocenters. The lowest BCUT2D eigenvalue weighted by atomic mass is 10.5. The van der Waals surface area contributed by atoms with E-state index in [0.717, 1.165) is 0 Å². The van der Waals surface area contributed by atoms with E-state index in [1.54, 1.807) is 0 Å². The third-order valence-corrected chi connectivity index (χ3v) is 4.94. The molecule has 0 bridgehead atoms. The van der Waals surface area contributed by atoms with Gasteiger partial charge in [-0.1, -0.05) is 0 Å². The zero-order chi connectivity index (χ0) is 13.9. The molecular weight excluding hydrogens is 280 g/mol. The molecule has 1 rings (SSSR count). The van der Waals surface area contributed by atoms with Gasteiger partial charge in [0.1, 0.15) is 9.09 Å². The minimum Gasteiger partial charge on any atom is -0.477 e. The molecule has 0 aliphatic carbocycles. The lowest BCUT2D eigenvalue weighted by Gasteiger charge is -2.10. The van der Waals surface area contributed by atoms with Crippen LogP contribution in [0.25, 0.3) is 0 Å². The maximum Gasteiger partial charge on any atom is 0.345 e. The zero-order valence-electron chi connectivity index (χ0n) is 9.71. The fraction of sp³-hybridized carbons (Fsp3) is 0.333. The number of sulfonamides is 1. The van der Waals surface area contributed by atoms with Crippen molar-refractivity contribution in [1.29, 1.82) is 0 Å². The minimum atomic E-state index is -3.84. The first kappa shape index (κ1) is 14.6. The second-order valence-corrected chi connectivity index (χ2v) is 6.61. The molecule has 1 aromatic rings. The van der Waals surface area contributed by atoms with Crippen LogP contribution in [0.3, 0.4) is 0 Å². The minimum absolute atomic E-state index is 0.0747. The summed E-state index contributed by atoms with van der Waals surface area (Å²) >= 11 is 0.633. The Morgan fingerprint density at radius 2 is 2.00 bits per heavy atom. The molecule has 1 heterocycles. The normalized spacial score (nSPS) is 11.2. The summed E-state index contributed by atoms with van der Waals surface area (Å²) in [4.78, 5) is 23.0. The Kier molecular flexibility index (Phi) is 4.43. The van der Waals surface area contributed by atoms with Gasteiger partial charge in [0.25, 0.3) is 10.0 Å². The molecule has 0 aromatic carbocycles. The van der Waals surface area contributed by atoms with E-state index in [2.05, 4.69) is 4.72 Å². The number of thiophene rings is 1. The molecule has 9 heteroatoms. The summed E-state index contributed by atoms with van der Waals surface area (Å²) in [6, 6.07) is 2.39. The van der Waals surface area contributed by atoms with E-state index in [4.69, 9.17) is 5.11 Å². The number of carbonyl (C=O) groups is 2. The first-order valence-corrected chi connectivity index (χ1v) is 7.07. The van der Waals surface area contributed by atoms with Gasteiger partial charge in [-0.05, 0) is 12.1 Å². The van der Waals surface area contributed by atoms with E-state index in [1.165, 1.54) is 31.1 Å². The largest absolute Gasteiger partial charge is 0.477 e. The van der Waals surface area contributed by atoms with Crippen molar-refractivity contribution in [2.24, 2.45) is 0 Å². The Morgan fingerprint density at radius 3 is 2.44 bits per heavy atom. The van der Waals surface area contributed by atoms with Gasteiger partial charge in [-0.15, -0.1) is 11.3 Å². The van der Waals surface area contributed by atoms with Gasteiger partial charge in [-0.25, -0.2) is 17.9 Å². The third-order valence-electron chi connectivity index (χ3n) is 1.97. The Bertz CT molecular complexity index is 561. The number of nitrogens with zero attached hydrogens (tertiary/aromatic N) is 1. The highest BCUT2D eigenvalue weighted by Gasteiger charge is 2.20. The van der Waals surface area contributed by atoms with Crippen LogP contribution in [0, 0.1) is 0 Å². The molecule has 0 fully saturated rings. The Balaban J connectivity index is 2.80. The predicted octanol–water partition coefficient (Wildman–Crippen LogP) is -0.187. The SMILES string of the molecule is CN(C)C(=O)CNS(=O)(=O)c1ccc(C(=O)O)s1. The fourth-order valence-corrected chi connectivity index (χ4v) is 3.13. The fourth-order valence-electron chi connectivity index (χ4n) is 0.966. The van der Waals surface area contributed by atoms with Gasteiger partial charge in [-0.3, -0.25) is 4.79 Å². The summed E-state index contributed by atoms with van der Waals surface area (Å²) in [5, 5.41) is 8.69. The third kappa shape index (κ3) is 3.52. The van der Waals surface area contributed by atoms with Gasteiger partial charge in [0.2, 0.25) is 5.91 Å². The van der Waals surface area contributed by atoms with Gasteiger partial charge < -0.3 is 10.0 Å². The van der Waals surface area contributed by atoms with Crippen molar-refractivity contribution in [3.63, 3.8) is 0 Å². The second-order valence-electron chi connectivity index (χ2n) is 3.54. The molecule has 0 saturated carbocycles. The van der Waals surface area contributed by atoms with E-state index in [0.29, 0.717) is 11.3 Å². The van der Waals surface area contributed by atoms with E-state index < -0.39 is 21.9 Å². The van der Waals surface area contributed by atoms with E-state index in [1.807, 2.05) is 0 Å². The molecule has 18 heavy (non-hydrogen) atoms. The van der Waals surface area contributed by atoms with Crippen LogP contribution in [0.4, 0.5) is 0 Å². The summed E-state index contributed by atoms with van der Waals surface area (Å²) in [6.07, 6.45) is 0. The summed E-state index contributed by atoms with van der Waals surface area (Å²) in [5.41, 5.74) is 0. The van der Waals surface area contributed by atoms with Gasteiger partial charge in [0.05, 0.1) is 6.54 Å². The summed E-state index contributed by atoms with van der Waals surface area (Å²) in [7, 11) is -0.835. The maximum atomic E-state index is 11.7. The molecule has 1 aromatic heterocycles. The van der Waals surface area contributed by atoms with Gasteiger partial charge in [0.15, 0.2) is 0 Å². The Morgan fingerprint density at radius 1 is 1.39 bits per heavy atom. The van der Waals surface area contributed by atoms with Crippen LogP contribution in [0.1, 0.15) is 9.67 Å². The number of hydrogen-bond acceptors (Lipinski definition) is 5. The number of carboxylic acid groups (broad SMARTS) is 1. The summed E-state index contributed by atoms with van der Waals surface area (Å²) in [5.74, 6) is -1.58. The van der Waals surface area contributed by atoms with Crippen LogP contribution in [-0.2, 0) is 14.8 Å². The van der Waals surface area contributed by atoms with E-state index >= 15 is 0 Å². The van der Waals surface area contributed by atoms with Crippen LogP contribution in [0.15, 0.2) is 16.3 Å². The van der Waals surface area contributed by atoms with Crippen LogP contribution in [0.2, 0.25) is 0 Å². The van der Waals surface area contributed by atoms with Crippen molar-refractivity contribution in [1.82, 2.24) is 9.62 Å². The van der Waals surface area contributed by atoms with Gasteiger partial charge >= 0.3 is 5.97 Å². The van der Waals surface area contributed by atoms with Crippen molar-refractivity contribution in [3.8, 4) is 0 Å². The van der Waals surface area contributed by atoms with Gasteiger partial charge in [-0.2, -0.15) is 0 Å². The smallest absolute Gasteiger partial charge is 0.345 e. The van der Waals surface area contributed by atoms with Crippen molar-refractivity contribution in [3.05, 3.63) is 17.0 Å². The first-order valence-electron chi connectivity index (χ1n) is 4.77. The monoisotopic (exact) mass is 292 g/mol. The molecule has 0 unspecified atom stereocenters. The number of aromatic carboxylic acids is 1. The van der Waals surface area contributed by atoms with Crippen molar-refractivity contribution in [2.75, 3.05) is 20.6 Å². The highest BCUT2D eigenvalue weighted by atomic mass is 32.2. The number of carboxylic acids is 1. The van der Waals surface area contributed by atoms with Crippen LogP contribution >= 0.6 is 11.3 Å². The summed E-state index contributed by atoms with van der Waals surface area (Å²) < 4.78 is 25.4. The molecule has 0 spiro atoms. The van der Waals surface area contributed by atoms with E-state index in [9.17, 15) is 18.0 Å². The predicted molar refractivity (Wildman–Crippen MR) is 65.2 cm³/mol. The molecule has 2 N–H and O–H groups in total. The highest BCUT2D eigenvalue weighted by Crippen LogP contribution is 2.21. The Hall–Kier alpha value is -1.45. The quantitative estimate of drug-likeness (QED) is 0.783. The summed E-state index contributed by atoms with van der Waals surface area (Å²) in [6.45, 7) is -0.365. The van der Waals surface area contributed by atoms with Crippen molar-refractivity contribution < 1.29 is 23.1 Å². The van der Waals surface area contributed by atoms with Crippen LogP contribution in [-0.4, -0.2) is 50.9 Å². The Labute approximate surface area is 108 Å². The first-order chi connectivity index (χ1) is 8.24. The molecule has 100 valence electrons. The molecule has 7 nitrogen and oxygen atoms in total. The molecular formula is C9H12N2O5S2. The molecule has 0 aliphatic rings. The lowest BCUT2D eigenvalue weighted by Crippen LogP contribution is -2.35. The molecule has 0 saturated heterocycles. The molecule has 0 aliphatic heterocycles. The van der Waals surface area contributed by atoms with Crippen molar-refractivity contribution in [2.45, 2.75) is 4.21 Å². The number of hydrogen-bond donors (Lipinski definition) is 2. The standard InChI is InChI=1S/C9H12N2O5S2/c1-11(2)7(12)5-10-18(15,16)8-4-3-6(17-8)9(13)14/h3-4,10H,5H2,1-2H3,(H,13,14). The average molecular weight is 292 g/mol. The van der Waals surface area contributed by atoms with Gasteiger partial charge in [0, 0.05) is 14.1 Å². The number of amides is 1. The van der Waals surface area contributed by atoms with E-state index in [-0.39, 0.29) is 15.6 Å². The zero-order valence-corrected chi connectivity index (χ0v) is 11.3. The van der Waals surface area contributed by atoms with Crippen LogP contribution in [0.5, 0.6) is 0 Å². The maximum absolute atomic E-state index is 11.7. The number of nitrogens with one attached hydrogen (secondary N) is 1. The van der Waals surface area contributed by atoms with Crippen LogP contribution < -0.4 is 4.72 Å². The second kappa shape index (κ2) is 5.46. The highest BCUT2D eigenvalue weighted by molar-refractivity contribution is 7.91. The number of likely N-dealkylation sites (N-methyl/N-ethyl adjacent to an activating group) is 1. The average Bonchev–Trinajstić information content (AvgIpc) is 2.75.